The second kappa shape index (κ2) is 37.3. The molecule has 19 nitrogen and oxygen atoms in total. The molecule has 1 amide bonds. The molecule has 1 saturated heterocycles. The van der Waals surface area contributed by atoms with Gasteiger partial charge in [0, 0.05) is 36.9 Å². The van der Waals surface area contributed by atoms with Crippen LogP contribution >= 0.6 is 0 Å². The molecule has 0 aromatic heterocycles. The van der Waals surface area contributed by atoms with E-state index in [2.05, 4.69) is 39.7 Å². The van der Waals surface area contributed by atoms with Gasteiger partial charge >= 0.3 is 0 Å². The smallest absolute Gasteiger partial charge is 0.246 e. The second-order valence-corrected chi connectivity index (χ2v) is 20.4. The predicted octanol–water partition coefficient (Wildman–Crippen LogP) is 13.2. The third-order valence-corrected chi connectivity index (χ3v) is 14.2. The number of ether oxygens (including phenoxy) is 17. The maximum absolute atomic E-state index is 11.9. The van der Waals surface area contributed by atoms with E-state index in [1.807, 2.05) is 77.7 Å². The summed E-state index contributed by atoms with van der Waals surface area (Å²) in [6.45, 7) is 22.4. The fourth-order valence-corrected chi connectivity index (χ4v) is 9.82. The molecule has 6 aliphatic heterocycles. The quantitative estimate of drug-likeness (QED) is 0.0221. The number of likely N-dealkylation sites (tertiary alicyclic amines) is 1. The number of aryl methyl sites for hydroxylation is 1. The minimum absolute atomic E-state index is 0.102. The van der Waals surface area contributed by atoms with Gasteiger partial charge < -0.3 is 85.4 Å². The van der Waals surface area contributed by atoms with Crippen LogP contribution in [0.3, 0.4) is 0 Å². The number of hydrogen-bond acceptors (Lipinski definition) is 18. The number of nitrogens with zero attached hydrogens (tertiary/aromatic N) is 1. The summed E-state index contributed by atoms with van der Waals surface area (Å²) in [5.74, 6) is 10.1. The molecule has 6 heterocycles. The molecule has 0 atom stereocenters. The van der Waals surface area contributed by atoms with Crippen molar-refractivity contribution in [2.24, 2.45) is 0 Å². The number of fused-ring (bicyclic) bond motifs is 5. The number of carbonyl (C=O) groups is 1. The minimum Gasteiger partial charge on any atom is -0.493 e. The highest BCUT2D eigenvalue weighted by Crippen LogP contribution is 2.51. The lowest BCUT2D eigenvalue weighted by Gasteiger charge is -2.25. The molecule has 0 aliphatic carbocycles. The average molecular weight is 1230 g/mol. The summed E-state index contributed by atoms with van der Waals surface area (Å²) >= 11 is 0. The number of allylic oxidation sites excluding steroid dienone is 5. The molecule has 11 rings (SSSR count). The van der Waals surface area contributed by atoms with E-state index in [0.29, 0.717) is 105 Å². The summed E-state index contributed by atoms with van der Waals surface area (Å²) < 4.78 is 91.2. The fourth-order valence-electron chi connectivity index (χ4n) is 9.82. The number of piperidine rings is 1. The average Bonchev–Trinajstić information content (AvgIpc) is 2.97. The molecule has 19 heteroatoms. The standard InChI is InChI=1S/C19H30O5.C17H19NO3.2C12H14O4.C10H10O2/c1-3-5-7-20-8-9-21-10-11-22-14-17-13-19-18(23-15-24-19)12-16(17)6-4-2;19-17(18-10-4-1-5-11-18)7-3-2-6-14-8-9-15-16(12-14)21-13-20-15;1-4-5-8-6-9-11(16-7-15-9)12(14-3)10(8)13-2;1-4-5-8-6-9(13-2)11-12(10(8)14-3)16-7-15-11;1-2-3-8-4-5-9-10(6-8)12-7-11-9/h12-13H,3-11,14-15H2,1-2H3;2-3,6-9,12H,1,4-5,10-11,13H2;2*4,6H,1,5,7H2,2-3H3;2,4-6H,1,3,7H2/b;6-2+,7-3+;;;. The van der Waals surface area contributed by atoms with Crippen LogP contribution in [0.5, 0.6) is 80.5 Å². The maximum Gasteiger partial charge on any atom is 0.246 e. The van der Waals surface area contributed by atoms with Crippen LogP contribution in [0, 0.1) is 0 Å². The molecule has 0 bridgehead atoms. The summed E-state index contributed by atoms with van der Waals surface area (Å²) in [6, 6.07) is 19.6. The van der Waals surface area contributed by atoms with Gasteiger partial charge in [0.1, 0.15) is 0 Å². The Morgan fingerprint density at radius 1 is 0.483 bits per heavy atom. The van der Waals surface area contributed by atoms with E-state index in [4.69, 9.17) is 80.5 Å². The van der Waals surface area contributed by atoms with Crippen LogP contribution in [0.25, 0.3) is 6.08 Å². The van der Waals surface area contributed by atoms with Gasteiger partial charge in [0.25, 0.3) is 0 Å². The Balaban J connectivity index is 0.000000161. The Kier molecular flexibility index (Phi) is 28.4. The van der Waals surface area contributed by atoms with Crippen LogP contribution in [-0.2, 0) is 51.3 Å². The van der Waals surface area contributed by atoms with Crippen LogP contribution in [0.2, 0.25) is 0 Å². The Bertz CT molecular complexity index is 3120. The highest BCUT2D eigenvalue weighted by atomic mass is 16.7. The molecular formula is C70H87NO18. The fraction of sp³-hybridized carbons (Fsp3) is 0.414. The maximum atomic E-state index is 11.9. The van der Waals surface area contributed by atoms with Crippen molar-refractivity contribution in [3.63, 3.8) is 0 Å². The van der Waals surface area contributed by atoms with Crippen molar-refractivity contribution in [3.05, 3.63) is 150 Å². The molecule has 480 valence electrons. The first-order valence-electron chi connectivity index (χ1n) is 30.2. The van der Waals surface area contributed by atoms with Gasteiger partial charge in [-0.3, -0.25) is 4.79 Å². The first kappa shape index (κ1) is 67.9. The van der Waals surface area contributed by atoms with Crippen LogP contribution in [-0.4, -0.2) is 119 Å². The number of methoxy groups -OCH3 is 4. The monoisotopic (exact) mass is 1230 g/mol. The van der Waals surface area contributed by atoms with E-state index < -0.39 is 0 Å². The molecule has 5 aromatic carbocycles. The van der Waals surface area contributed by atoms with E-state index >= 15 is 0 Å². The van der Waals surface area contributed by atoms with Gasteiger partial charge in [-0.1, -0.05) is 75.3 Å². The van der Waals surface area contributed by atoms with Crippen molar-refractivity contribution in [2.75, 3.05) is 109 Å². The third kappa shape index (κ3) is 19.9. The zero-order chi connectivity index (χ0) is 63.0. The SMILES string of the molecule is C=CCc1cc(OC)c2c(c1OC)OCO2.C=CCc1cc2c(c(OC)c1OC)OCO2.C=CCc1ccc2c(c1)OCO2.CCCCOCCOCCOCc1cc2c(cc1CCC)OCO2.O=C(/C=C/C=C/c1ccc2c(c1)OCO2)N1CCCCC1. The Labute approximate surface area is 524 Å². The second-order valence-electron chi connectivity index (χ2n) is 20.4. The van der Waals surface area contributed by atoms with Crippen molar-refractivity contribution >= 4 is 12.0 Å². The Hall–Kier alpha value is -8.65. The number of amides is 1. The minimum atomic E-state index is 0.102. The summed E-state index contributed by atoms with van der Waals surface area (Å²) in [6.07, 6.45) is 22.8. The first-order chi connectivity index (χ1) is 43.7. The van der Waals surface area contributed by atoms with Gasteiger partial charge in [-0.2, -0.15) is 0 Å². The van der Waals surface area contributed by atoms with Crippen LogP contribution in [0.4, 0.5) is 0 Å². The highest BCUT2D eigenvalue weighted by molar-refractivity contribution is 5.88. The Morgan fingerprint density at radius 2 is 1.02 bits per heavy atom. The molecule has 5 aromatic rings. The third-order valence-electron chi connectivity index (χ3n) is 14.2. The van der Waals surface area contributed by atoms with Crippen molar-refractivity contribution in [2.45, 2.75) is 84.7 Å². The predicted molar refractivity (Wildman–Crippen MR) is 340 cm³/mol. The number of hydrogen-bond donors (Lipinski definition) is 0. The molecule has 0 radical (unpaired) electrons. The molecule has 6 aliphatic rings. The van der Waals surface area contributed by atoms with Crippen LogP contribution in [0.1, 0.15) is 85.8 Å². The summed E-state index contributed by atoms with van der Waals surface area (Å²) in [5, 5.41) is 0. The number of carbonyl (C=O) groups excluding carboxylic acids is 1. The molecule has 0 spiro atoms. The molecule has 0 N–H and O–H groups in total. The lowest BCUT2D eigenvalue weighted by atomic mass is 10.0. The number of rotatable bonds is 26. The number of benzene rings is 5. The number of unbranched alkanes of at least 4 members (excludes halogenated alkanes) is 1. The zero-order valence-electron chi connectivity index (χ0n) is 52.5. The van der Waals surface area contributed by atoms with E-state index in [-0.39, 0.29) is 26.3 Å². The summed E-state index contributed by atoms with van der Waals surface area (Å²) in [4.78, 5) is 13.8. The summed E-state index contributed by atoms with van der Waals surface area (Å²) in [5.41, 5.74) is 6.61. The zero-order valence-corrected chi connectivity index (χ0v) is 52.5. The normalized spacial score (nSPS) is 13.8. The lowest BCUT2D eigenvalue weighted by Crippen LogP contribution is -2.34. The van der Waals surface area contributed by atoms with Gasteiger partial charge in [-0.15, -0.1) is 19.7 Å². The highest BCUT2D eigenvalue weighted by Gasteiger charge is 2.28. The van der Waals surface area contributed by atoms with Gasteiger partial charge in [0.05, 0.1) is 61.5 Å². The van der Waals surface area contributed by atoms with Gasteiger partial charge in [0.2, 0.25) is 62.9 Å². The molecule has 0 unspecified atom stereocenters. The van der Waals surface area contributed by atoms with Crippen LogP contribution < -0.4 is 66.3 Å². The van der Waals surface area contributed by atoms with Gasteiger partial charge in [-0.05, 0) is 122 Å². The Morgan fingerprint density at radius 3 is 1.66 bits per heavy atom. The molecule has 0 saturated carbocycles. The largest absolute Gasteiger partial charge is 0.493 e. The lowest BCUT2D eigenvalue weighted by molar-refractivity contribution is -0.126. The van der Waals surface area contributed by atoms with E-state index in [1.165, 1.54) is 23.1 Å². The van der Waals surface area contributed by atoms with Crippen molar-refractivity contribution in [1.29, 1.82) is 0 Å². The molecule has 89 heavy (non-hydrogen) atoms. The van der Waals surface area contributed by atoms with Gasteiger partial charge in [-0.25, -0.2) is 0 Å². The van der Waals surface area contributed by atoms with E-state index in [1.54, 1.807) is 52.7 Å². The van der Waals surface area contributed by atoms with Crippen molar-refractivity contribution < 1.29 is 85.3 Å². The topological polar surface area (TPSA) is 177 Å². The van der Waals surface area contributed by atoms with Crippen molar-refractivity contribution in [1.82, 2.24) is 4.90 Å². The summed E-state index contributed by atoms with van der Waals surface area (Å²) in [7, 11) is 6.39. The molecule has 1 fully saturated rings. The van der Waals surface area contributed by atoms with Crippen molar-refractivity contribution in [3.8, 4) is 80.5 Å². The molecular weight excluding hydrogens is 1140 g/mol. The van der Waals surface area contributed by atoms with Crippen LogP contribution in [0.15, 0.2) is 117 Å². The first-order valence-corrected chi connectivity index (χ1v) is 30.2. The van der Waals surface area contributed by atoms with Gasteiger partial charge in [0.15, 0.2) is 57.5 Å². The van der Waals surface area contributed by atoms with E-state index in [9.17, 15) is 4.79 Å². The van der Waals surface area contributed by atoms with E-state index in [0.717, 1.165) is 116 Å².